The van der Waals surface area contributed by atoms with E-state index in [4.69, 9.17) is 0 Å². The molecule has 1 atom stereocenters. The van der Waals surface area contributed by atoms with Gasteiger partial charge in [-0.25, -0.2) is 8.42 Å². The van der Waals surface area contributed by atoms with E-state index in [0.717, 1.165) is 34.0 Å². The fourth-order valence-corrected chi connectivity index (χ4v) is 6.02. The molecule has 0 radical (unpaired) electrons. The molecule has 0 saturated carbocycles. The van der Waals surface area contributed by atoms with Gasteiger partial charge in [0.15, 0.2) is 0 Å². The van der Waals surface area contributed by atoms with E-state index in [-0.39, 0.29) is 31.3 Å². The van der Waals surface area contributed by atoms with Gasteiger partial charge in [0, 0.05) is 36.9 Å². The van der Waals surface area contributed by atoms with Gasteiger partial charge in [-0.05, 0) is 55.2 Å². The maximum atomic E-state index is 13.9. The summed E-state index contributed by atoms with van der Waals surface area (Å²) in [7, 11) is -3.55. The van der Waals surface area contributed by atoms with Gasteiger partial charge in [-0.1, -0.05) is 89.4 Å². The summed E-state index contributed by atoms with van der Waals surface area (Å²) < 4.78 is 27.4. The molecule has 3 aromatic rings. The largest absolute Gasteiger partial charge is 0.354 e. The Hall–Kier alpha value is -3.17. The lowest BCUT2D eigenvalue weighted by Crippen LogP contribution is -2.50. The Bertz CT molecular complexity index is 1380. The quantitative estimate of drug-likeness (QED) is 0.211. The van der Waals surface area contributed by atoms with Crippen molar-refractivity contribution in [1.29, 1.82) is 0 Å². The Morgan fingerprint density at radius 2 is 1.61 bits per heavy atom. The molecule has 9 heteroatoms. The highest BCUT2D eigenvalue weighted by Gasteiger charge is 2.30. The number of unbranched alkanes of at least 4 members (excludes halogenated alkanes) is 1. The first-order valence-electron chi connectivity index (χ1n) is 14.0. The number of halogens is 1. The number of carbonyl (C=O) groups is 2. The summed E-state index contributed by atoms with van der Waals surface area (Å²) in [5, 5.41) is 3.03. The molecular weight excluding hydrogens is 602 g/mol. The van der Waals surface area contributed by atoms with Crippen molar-refractivity contribution in [2.24, 2.45) is 0 Å². The third-order valence-electron chi connectivity index (χ3n) is 6.82. The number of nitrogens with zero attached hydrogens (tertiary/aromatic N) is 2. The molecule has 0 saturated heterocycles. The predicted molar refractivity (Wildman–Crippen MR) is 169 cm³/mol. The molecular formula is C32H40BrN3O4S. The normalized spacial score (nSPS) is 12.0. The number of rotatable bonds is 15. The van der Waals surface area contributed by atoms with Crippen molar-refractivity contribution < 1.29 is 18.0 Å². The van der Waals surface area contributed by atoms with Crippen molar-refractivity contribution in [2.75, 3.05) is 23.7 Å². The third kappa shape index (κ3) is 10.3. The van der Waals surface area contributed by atoms with E-state index in [0.29, 0.717) is 25.1 Å². The van der Waals surface area contributed by atoms with Gasteiger partial charge in [0.1, 0.15) is 6.04 Å². The number of benzene rings is 3. The van der Waals surface area contributed by atoms with Crippen molar-refractivity contribution in [2.45, 2.75) is 58.5 Å². The van der Waals surface area contributed by atoms with Crippen molar-refractivity contribution >= 4 is 43.5 Å². The molecule has 3 aromatic carbocycles. The number of aryl methyl sites for hydroxylation is 1. The van der Waals surface area contributed by atoms with Crippen molar-refractivity contribution in [3.8, 4) is 0 Å². The van der Waals surface area contributed by atoms with Crippen LogP contribution < -0.4 is 9.62 Å². The van der Waals surface area contributed by atoms with Crippen LogP contribution in [-0.2, 0) is 32.6 Å². The monoisotopic (exact) mass is 641 g/mol. The second-order valence-electron chi connectivity index (χ2n) is 10.3. The Morgan fingerprint density at radius 3 is 2.24 bits per heavy atom. The summed E-state index contributed by atoms with van der Waals surface area (Å²) in [6, 6.07) is 23.9. The maximum absolute atomic E-state index is 13.9. The van der Waals surface area contributed by atoms with Gasteiger partial charge < -0.3 is 10.2 Å². The van der Waals surface area contributed by atoms with Crippen LogP contribution in [0.25, 0.3) is 0 Å². The molecule has 0 fully saturated rings. The molecule has 2 amide bonds. The smallest absolute Gasteiger partial charge is 0.243 e. The fourth-order valence-electron chi connectivity index (χ4n) is 4.61. The van der Waals surface area contributed by atoms with E-state index in [1.165, 1.54) is 10.6 Å². The maximum Gasteiger partial charge on any atom is 0.243 e. The highest BCUT2D eigenvalue weighted by Crippen LogP contribution is 2.21. The van der Waals surface area contributed by atoms with Gasteiger partial charge in [-0.15, -0.1) is 0 Å². The van der Waals surface area contributed by atoms with Gasteiger partial charge in [0.25, 0.3) is 0 Å². The zero-order chi connectivity index (χ0) is 29.8. The molecule has 7 nitrogen and oxygen atoms in total. The first-order valence-corrected chi connectivity index (χ1v) is 16.6. The van der Waals surface area contributed by atoms with Crippen LogP contribution in [-0.4, -0.2) is 50.5 Å². The third-order valence-corrected chi connectivity index (χ3v) is 8.50. The first kappa shape index (κ1) is 32.3. The fraction of sp³-hybridized carbons (Fsp3) is 0.375. The van der Waals surface area contributed by atoms with Gasteiger partial charge in [-0.2, -0.15) is 0 Å². The van der Waals surface area contributed by atoms with E-state index in [9.17, 15) is 18.0 Å². The number of carbonyl (C=O) groups excluding carboxylic acids is 2. The van der Waals surface area contributed by atoms with Crippen LogP contribution in [0.1, 0.15) is 49.3 Å². The average molecular weight is 643 g/mol. The number of anilines is 1. The summed E-state index contributed by atoms with van der Waals surface area (Å²) in [5.74, 6) is -0.392. The van der Waals surface area contributed by atoms with Crippen molar-refractivity contribution in [3.63, 3.8) is 0 Å². The molecule has 3 rings (SSSR count). The summed E-state index contributed by atoms with van der Waals surface area (Å²) in [6.45, 7) is 4.96. The van der Waals surface area contributed by atoms with Crippen LogP contribution in [0.4, 0.5) is 5.69 Å². The van der Waals surface area contributed by atoms with Gasteiger partial charge in [0.05, 0.1) is 11.9 Å². The van der Waals surface area contributed by atoms with Gasteiger partial charge in [-0.3, -0.25) is 13.9 Å². The lowest BCUT2D eigenvalue weighted by atomic mass is 10.0. The van der Waals surface area contributed by atoms with Crippen LogP contribution in [0.3, 0.4) is 0 Å². The lowest BCUT2D eigenvalue weighted by molar-refractivity contribution is -0.141. The minimum absolute atomic E-state index is 0.0966. The molecule has 1 N–H and O–H groups in total. The molecule has 220 valence electrons. The van der Waals surface area contributed by atoms with Crippen LogP contribution in [0, 0.1) is 6.92 Å². The minimum Gasteiger partial charge on any atom is -0.354 e. The van der Waals surface area contributed by atoms with Crippen LogP contribution in [0.5, 0.6) is 0 Å². The second kappa shape index (κ2) is 15.7. The Labute approximate surface area is 253 Å². The summed E-state index contributed by atoms with van der Waals surface area (Å²) in [4.78, 5) is 29.1. The van der Waals surface area contributed by atoms with E-state index >= 15 is 0 Å². The molecule has 0 bridgehead atoms. The molecule has 0 spiro atoms. The molecule has 41 heavy (non-hydrogen) atoms. The van der Waals surface area contributed by atoms with Gasteiger partial charge >= 0.3 is 0 Å². The Kier molecular flexibility index (Phi) is 12.4. The van der Waals surface area contributed by atoms with E-state index in [1.54, 1.807) is 17.0 Å². The highest BCUT2D eigenvalue weighted by atomic mass is 79.9. The zero-order valence-corrected chi connectivity index (χ0v) is 26.5. The molecule has 0 aliphatic heterocycles. The molecule has 1 unspecified atom stereocenters. The topological polar surface area (TPSA) is 86.8 Å². The van der Waals surface area contributed by atoms with Crippen molar-refractivity contribution in [1.82, 2.24) is 10.2 Å². The van der Waals surface area contributed by atoms with E-state index in [1.807, 2.05) is 73.7 Å². The highest BCUT2D eigenvalue weighted by molar-refractivity contribution is 9.10. The molecule has 0 aliphatic rings. The van der Waals surface area contributed by atoms with E-state index < -0.39 is 16.1 Å². The predicted octanol–water partition coefficient (Wildman–Crippen LogP) is 5.86. The molecule has 0 aromatic heterocycles. The number of hydrogen-bond donors (Lipinski definition) is 1. The first-order chi connectivity index (χ1) is 19.6. The standard InChI is InChI=1S/C32H40BrN3O4S/c1-4-5-20-34-32(38)30(23-26-11-7-6-8-12-26)35(24-27-13-9-14-28(33)22-27)31(37)15-10-21-36(41(3,39)40)29-18-16-25(2)17-19-29/h6-9,11-14,16-19,22,30H,4-5,10,15,20-21,23-24H2,1-3H3,(H,34,38). The van der Waals surface area contributed by atoms with Crippen molar-refractivity contribution in [3.05, 3.63) is 100 Å². The van der Waals surface area contributed by atoms with Crippen LogP contribution in [0.2, 0.25) is 0 Å². The summed E-state index contributed by atoms with van der Waals surface area (Å²) >= 11 is 3.51. The van der Waals surface area contributed by atoms with Crippen LogP contribution in [0.15, 0.2) is 83.3 Å². The molecule has 0 heterocycles. The number of amides is 2. The number of nitrogens with one attached hydrogen (secondary N) is 1. The van der Waals surface area contributed by atoms with Gasteiger partial charge in [0.2, 0.25) is 21.8 Å². The lowest BCUT2D eigenvalue weighted by Gasteiger charge is -2.32. The second-order valence-corrected chi connectivity index (χ2v) is 13.1. The molecule has 0 aliphatic carbocycles. The average Bonchev–Trinajstić information content (AvgIpc) is 2.93. The Morgan fingerprint density at radius 1 is 0.927 bits per heavy atom. The summed E-state index contributed by atoms with van der Waals surface area (Å²) in [5.41, 5.74) is 3.44. The SMILES string of the molecule is CCCCNC(=O)C(Cc1ccccc1)N(Cc1cccc(Br)c1)C(=O)CCCN(c1ccc(C)cc1)S(C)(=O)=O. The number of sulfonamides is 1. The summed E-state index contributed by atoms with van der Waals surface area (Å²) in [6.07, 6.45) is 3.75. The number of hydrogen-bond acceptors (Lipinski definition) is 4. The Balaban J connectivity index is 1.86. The zero-order valence-electron chi connectivity index (χ0n) is 24.1. The minimum atomic E-state index is -3.55. The van der Waals surface area contributed by atoms with E-state index in [2.05, 4.69) is 28.2 Å². The van der Waals surface area contributed by atoms with Crippen LogP contribution >= 0.6 is 15.9 Å².